The van der Waals surface area contributed by atoms with E-state index in [-0.39, 0.29) is 4.87 Å². The lowest BCUT2D eigenvalue weighted by Gasteiger charge is -2.02. The minimum absolute atomic E-state index is 0.212. The Balaban J connectivity index is 1.81. The van der Waals surface area contributed by atoms with Crippen LogP contribution in [0.15, 0.2) is 64.8 Å². The summed E-state index contributed by atoms with van der Waals surface area (Å²) in [4.78, 5) is 25.5. The van der Waals surface area contributed by atoms with Gasteiger partial charge in [-0.15, -0.1) is 0 Å². The number of primary amides is 1. The van der Waals surface area contributed by atoms with Crippen LogP contribution in [0.1, 0.15) is 16.0 Å². The molecule has 2 heterocycles. The molecule has 4 N–H and O–H groups in total. The van der Waals surface area contributed by atoms with Crippen molar-refractivity contribution < 1.29 is 9.36 Å². The molecule has 0 unspecified atom stereocenters. The molecule has 0 fully saturated rings. The Bertz CT molecular complexity index is 945. The molecule has 0 radical (unpaired) electrons. The maximum Gasteiger partial charge on any atom is 0.390 e. The lowest BCUT2D eigenvalue weighted by Crippen LogP contribution is -2.32. The maximum absolute atomic E-state index is 11.7. The highest BCUT2D eigenvalue weighted by molar-refractivity contribution is 7.11. The van der Waals surface area contributed by atoms with E-state index in [0.717, 1.165) is 23.3 Å². The highest BCUT2D eigenvalue weighted by Crippen LogP contribution is 2.09. The van der Waals surface area contributed by atoms with E-state index in [4.69, 9.17) is 5.73 Å². The first-order valence-electron chi connectivity index (χ1n) is 7.48. The molecule has 126 valence electrons. The Hall–Kier alpha value is -3.26. The van der Waals surface area contributed by atoms with Crippen molar-refractivity contribution in [3.63, 3.8) is 0 Å². The molecule has 0 spiro atoms. The molecule has 0 aliphatic carbocycles. The Labute approximate surface area is 147 Å². The fourth-order valence-electron chi connectivity index (χ4n) is 2.32. The molecular weight excluding hydrogens is 338 g/mol. The zero-order valence-corrected chi connectivity index (χ0v) is 14.0. The number of nitrogens with two attached hydrogens (primary N) is 1. The molecule has 1 aromatic carbocycles. The van der Waals surface area contributed by atoms with Crippen molar-refractivity contribution in [2.45, 2.75) is 6.42 Å². The summed E-state index contributed by atoms with van der Waals surface area (Å²) in [6.45, 7) is 0. The fraction of sp³-hybridized carbons (Fsp3) is 0.0588. The number of hydrogen-bond acceptors (Lipinski definition) is 4. The van der Waals surface area contributed by atoms with E-state index in [1.54, 1.807) is 4.57 Å². The van der Waals surface area contributed by atoms with Gasteiger partial charge in [-0.25, -0.2) is 19.6 Å². The average Bonchev–Trinajstić information content (AvgIpc) is 2.97. The van der Waals surface area contributed by atoms with Crippen molar-refractivity contribution in [2.24, 2.45) is 10.8 Å². The zero-order valence-electron chi connectivity index (χ0n) is 13.2. The van der Waals surface area contributed by atoms with Crippen LogP contribution in [0.5, 0.6) is 0 Å². The average molecular weight is 354 g/mol. The Morgan fingerprint density at radius 2 is 1.88 bits per heavy atom. The van der Waals surface area contributed by atoms with Gasteiger partial charge in [-0.1, -0.05) is 30.3 Å². The summed E-state index contributed by atoms with van der Waals surface area (Å²) in [6.07, 6.45) is 5.95. The number of hydrazone groups is 1. The molecule has 0 saturated carbocycles. The van der Waals surface area contributed by atoms with E-state index in [1.165, 1.54) is 11.8 Å². The lowest BCUT2D eigenvalue weighted by atomic mass is 10.1. The molecule has 3 aromatic rings. The smallest absolute Gasteiger partial charge is 0.350 e. The third-order valence-electron chi connectivity index (χ3n) is 3.42. The topological polar surface area (TPSA) is 104 Å². The van der Waals surface area contributed by atoms with Crippen LogP contribution in [0.25, 0.3) is 5.82 Å². The Morgan fingerprint density at radius 1 is 1.20 bits per heavy atom. The Morgan fingerprint density at radius 3 is 2.56 bits per heavy atom. The minimum atomic E-state index is -0.765. The molecule has 0 bridgehead atoms. The van der Waals surface area contributed by atoms with Crippen LogP contribution >= 0.6 is 11.3 Å². The predicted molar refractivity (Wildman–Crippen MR) is 96.0 cm³/mol. The Kier molecular flexibility index (Phi) is 5.00. The van der Waals surface area contributed by atoms with Crippen molar-refractivity contribution >= 4 is 23.6 Å². The first kappa shape index (κ1) is 16.6. The van der Waals surface area contributed by atoms with Crippen LogP contribution in [0, 0.1) is 0 Å². The van der Waals surface area contributed by atoms with E-state index in [2.05, 4.69) is 27.6 Å². The predicted octanol–water partition coefficient (Wildman–Crippen LogP) is 1.31. The standard InChI is InChI=1S/C17H15N5O2S/c18-16(23)21-19-11-14-15(20-17(24)25-14)22-8-6-13(7-9-22)10-12-4-2-1-3-5-12/h1-9,11H,10H2,(H3-,18,19,20,21,23,24)/p+1. The quantitative estimate of drug-likeness (QED) is 0.365. The van der Waals surface area contributed by atoms with Crippen molar-refractivity contribution in [3.05, 3.63) is 80.5 Å². The molecule has 25 heavy (non-hydrogen) atoms. The van der Waals surface area contributed by atoms with E-state index in [0.29, 0.717) is 10.7 Å². The van der Waals surface area contributed by atoms with Gasteiger partial charge in [0.05, 0.1) is 18.6 Å². The number of thiazole rings is 1. The molecule has 3 rings (SSSR count). The van der Waals surface area contributed by atoms with Gasteiger partial charge in [0.1, 0.15) is 4.88 Å². The van der Waals surface area contributed by atoms with E-state index >= 15 is 0 Å². The number of carbonyl (C=O) groups is 1. The van der Waals surface area contributed by atoms with Gasteiger partial charge >= 0.3 is 16.7 Å². The fourth-order valence-corrected chi connectivity index (χ4v) is 3.03. The third-order valence-corrected chi connectivity index (χ3v) is 4.23. The number of aromatic amines is 1. The number of pyridine rings is 1. The van der Waals surface area contributed by atoms with Crippen molar-refractivity contribution in [2.75, 3.05) is 0 Å². The summed E-state index contributed by atoms with van der Waals surface area (Å²) >= 11 is 0.994. The van der Waals surface area contributed by atoms with E-state index in [9.17, 15) is 9.59 Å². The number of nitrogens with zero attached hydrogens (tertiary/aromatic N) is 2. The van der Waals surface area contributed by atoms with Gasteiger partial charge in [-0.3, -0.25) is 0 Å². The summed E-state index contributed by atoms with van der Waals surface area (Å²) in [5.74, 6) is 0.580. The number of amides is 2. The number of carbonyl (C=O) groups excluding carboxylic acids is 1. The summed E-state index contributed by atoms with van der Waals surface area (Å²) in [5, 5.41) is 3.70. The molecule has 0 aliphatic heterocycles. The monoisotopic (exact) mass is 354 g/mol. The second-order valence-corrected chi connectivity index (χ2v) is 6.25. The molecule has 0 saturated heterocycles. The van der Waals surface area contributed by atoms with Crippen LogP contribution in [0.3, 0.4) is 0 Å². The van der Waals surface area contributed by atoms with Gasteiger partial charge in [-0.2, -0.15) is 10.1 Å². The molecule has 8 heteroatoms. The van der Waals surface area contributed by atoms with Crippen LogP contribution in [0.4, 0.5) is 4.79 Å². The zero-order chi connectivity index (χ0) is 17.6. The second-order valence-electron chi connectivity index (χ2n) is 5.24. The first-order valence-corrected chi connectivity index (χ1v) is 8.29. The third kappa shape index (κ3) is 4.39. The molecule has 2 amide bonds. The molecular formula is C17H16N5O2S+. The number of benzene rings is 1. The number of aromatic nitrogens is 2. The molecule has 0 atom stereocenters. The van der Waals surface area contributed by atoms with Crippen LogP contribution in [0.2, 0.25) is 0 Å². The van der Waals surface area contributed by atoms with Gasteiger partial charge in [0, 0.05) is 0 Å². The van der Waals surface area contributed by atoms with E-state index < -0.39 is 6.03 Å². The second kappa shape index (κ2) is 7.54. The van der Waals surface area contributed by atoms with Crippen LogP contribution in [-0.4, -0.2) is 17.2 Å². The van der Waals surface area contributed by atoms with Gasteiger partial charge in [0.2, 0.25) is 0 Å². The SMILES string of the molecule is NC(=O)N/N=C\c1sc(=O)[nH]c1-[n+]1ccc(Cc2ccccc2)cc1. The molecule has 0 aliphatic rings. The summed E-state index contributed by atoms with van der Waals surface area (Å²) in [6, 6.07) is 13.4. The van der Waals surface area contributed by atoms with Gasteiger partial charge in [-0.05, 0) is 41.0 Å². The number of rotatable bonds is 5. The highest BCUT2D eigenvalue weighted by atomic mass is 32.1. The van der Waals surface area contributed by atoms with Gasteiger partial charge in [0.25, 0.3) is 0 Å². The number of nitrogens with one attached hydrogen (secondary N) is 2. The van der Waals surface area contributed by atoms with Crippen molar-refractivity contribution in [1.29, 1.82) is 0 Å². The lowest BCUT2D eigenvalue weighted by molar-refractivity contribution is -0.599. The minimum Gasteiger partial charge on any atom is -0.350 e. The van der Waals surface area contributed by atoms with E-state index in [1.807, 2.05) is 42.7 Å². The van der Waals surface area contributed by atoms with Gasteiger partial charge < -0.3 is 5.73 Å². The van der Waals surface area contributed by atoms with Crippen LogP contribution in [-0.2, 0) is 6.42 Å². The number of hydrogen-bond donors (Lipinski definition) is 3. The normalized spacial score (nSPS) is 10.9. The molecule has 7 nitrogen and oxygen atoms in total. The highest BCUT2D eigenvalue weighted by Gasteiger charge is 2.16. The molecule has 2 aromatic heterocycles. The van der Waals surface area contributed by atoms with Crippen LogP contribution < -0.4 is 20.6 Å². The maximum atomic E-state index is 11.7. The first-order chi connectivity index (χ1) is 12.1. The van der Waals surface area contributed by atoms with Crippen molar-refractivity contribution in [3.8, 4) is 5.82 Å². The summed E-state index contributed by atoms with van der Waals surface area (Å²) in [7, 11) is 0. The van der Waals surface area contributed by atoms with Crippen molar-refractivity contribution in [1.82, 2.24) is 10.4 Å². The van der Waals surface area contributed by atoms with Gasteiger partial charge in [0.15, 0.2) is 0 Å². The summed E-state index contributed by atoms with van der Waals surface area (Å²) in [5.41, 5.74) is 9.45. The summed E-state index contributed by atoms with van der Waals surface area (Å²) < 4.78 is 1.79. The largest absolute Gasteiger partial charge is 0.390 e. The number of urea groups is 1. The number of H-pyrrole nitrogens is 1.